The summed E-state index contributed by atoms with van der Waals surface area (Å²) < 4.78 is 0. The lowest BCUT2D eigenvalue weighted by Crippen LogP contribution is -2.59. The van der Waals surface area contributed by atoms with Gasteiger partial charge < -0.3 is 9.80 Å². The lowest BCUT2D eigenvalue weighted by atomic mass is 10.4. The summed E-state index contributed by atoms with van der Waals surface area (Å²) in [5, 5.41) is 39.2. The number of piperazine rings is 1. The van der Waals surface area contributed by atoms with Gasteiger partial charge in [-0.15, -0.1) is 0 Å². The molecule has 0 N–H and O–H groups in total. The SMILES string of the molecule is O=CN1CCN(C=O)CC1.O=[N+]([O-])N1CN([N+](=O)[O-])CN([N+](=O)[O-])CN([N+](=O)[O-])C1. The number of amides is 2. The lowest BCUT2D eigenvalue weighted by Gasteiger charge is -2.29. The van der Waals surface area contributed by atoms with Gasteiger partial charge in [0.2, 0.25) is 39.5 Å². The van der Waals surface area contributed by atoms with Gasteiger partial charge in [-0.25, -0.2) is 40.5 Å². The Kier molecular flexibility index (Phi) is 8.65. The summed E-state index contributed by atoms with van der Waals surface area (Å²) in [4.78, 5) is 66.3. The van der Waals surface area contributed by atoms with E-state index in [0.29, 0.717) is 26.2 Å². The van der Waals surface area contributed by atoms with Gasteiger partial charge in [-0.3, -0.25) is 9.59 Å². The van der Waals surface area contributed by atoms with Gasteiger partial charge in [0.1, 0.15) is 0 Å². The van der Waals surface area contributed by atoms with Crippen LogP contribution >= 0.6 is 0 Å². The van der Waals surface area contributed by atoms with Gasteiger partial charge >= 0.3 is 0 Å². The van der Waals surface area contributed by atoms with E-state index in [4.69, 9.17) is 0 Å². The highest BCUT2D eigenvalue weighted by atomic mass is 16.7. The summed E-state index contributed by atoms with van der Waals surface area (Å²) in [5.41, 5.74) is 0. The molecule has 0 spiro atoms. The van der Waals surface area contributed by atoms with E-state index in [-0.39, 0.29) is 20.0 Å². The van der Waals surface area contributed by atoms with Gasteiger partial charge in [0, 0.05) is 26.2 Å². The zero-order valence-electron chi connectivity index (χ0n) is 15.4. The van der Waals surface area contributed by atoms with E-state index in [1.807, 2.05) is 0 Å². The van der Waals surface area contributed by atoms with Gasteiger partial charge in [-0.1, -0.05) is 20.0 Å². The van der Waals surface area contributed by atoms with E-state index in [1.165, 1.54) is 0 Å². The maximum atomic E-state index is 10.7. The van der Waals surface area contributed by atoms with Crippen molar-refractivity contribution in [1.29, 1.82) is 0 Å². The van der Waals surface area contributed by atoms with Crippen molar-refractivity contribution in [2.75, 3.05) is 52.9 Å². The Balaban J connectivity index is 0.000000375. The predicted molar refractivity (Wildman–Crippen MR) is 90.1 cm³/mol. The first-order valence-corrected chi connectivity index (χ1v) is 8.04. The smallest absolute Gasteiger partial charge is 0.212 e. The molecule has 2 saturated heterocycles. The number of nitrogens with zero attached hydrogens (tertiary/aromatic N) is 10. The molecule has 0 aromatic heterocycles. The molecule has 2 heterocycles. The van der Waals surface area contributed by atoms with E-state index in [9.17, 15) is 50.0 Å². The van der Waals surface area contributed by atoms with Crippen LogP contribution in [-0.4, -0.2) is 116 Å². The van der Waals surface area contributed by atoms with Gasteiger partial charge in [-0.05, 0) is 0 Å². The maximum absolute atomic E-state index is 10.7. The molecule has 2 rings (SSSR count). The fourth-order valence-corrected chi connectivity index (χ4v) is 2.29. The standard InChI is InChI=1S/C6H10N2O2.C4H8N8O8/c9-5-7-1-2-8(6-10)4-3-7;13-9(14)5-1-6(10(15)16)3-8(12(19)20)4-7(2-5)11(17)18/h5-6H,1-4H2;1-4H2. The second-order valence-corrected chi connectivity index (χ2v) is 5.83. The van der Waals surface area contributed by atoms with Crippen LogP contribution in [0.25, 0.3) is 0 Å². The fourth-order valence-electron chi connectivity index (χ4n) is 2.29. The summed E-state index contributed by atoms with van der Waals surface area (Å²) >= 11 is 0. The topological polar surface area (TPSA) is 226 Å². The number of hydrazine groups is 4. The van der Waals surface area contributed by atoms with Gasteiger partial charge in [0.15, 0.2) is 20.1 Å². The summed E-state index contributed by atoms with van der Waals surface area (Å²) in [7, 11) is 0. The molecule has 0 aliphatic carbocycles. The number of carbonyl (C=O) groups excluding carboxylic acids is 2. The van der Waals surface area contributed by atoms with Gasteiger partial charge in [-0.2, -0.15) is 0 Å². The number of carbonyl (C=O) groups is 2. The first-order chi connectivity index (χ1) is 14.1. The summed E-state index contributed by atoms with van der Waals surface area (Å²) in [6.07, 6.45) is 1.64. The molecule has 0 atom stereocenters. The molecule has 2 fully saturated rings. The maximum Gasteiger partial charge on any atom is 0.212 e. The Morgan fingerprint density at radius 1 is 0.500 bits per heavy atom. The van der Waals surface area contributed by atoms with Crippen molar-refractivity contribution in [1.82, 2.24) is 29.8 Å². The monoisotopic (exact) mass is 438 g/mol. The molecule has 0 aromatic rings. The highest BCUT2D eigenvalue weighted by Gasteiger charge is 2.39. The van der Waals surface area contributed by atoms with Crippen molar-refractivity contribution < 1.29 is 29.7 Å². The second kappa shape index (κ2) is 10.9. The van der Waals surface area contributed by atoms with Gasteiger partial charge in [0.05, 0.1) is 0 Å². The first-order valence-electron chi connectivity index (χ1n) is 8.04. The predicted octanol–water partition coefficient (Wildman–Crippen LogP) is -3.28. The van der Waals surface area contributed by atoms with Crippen molar-refractivity contribution in [2.24, 2.45) is 0 Å². The summed E-state index contributed by atoms with van der Waals surface area (Å²) in [5.74, 6) is 0. The quantitative estimate of drug-likeness (QED) is 0.225. The number of hydrogen-bond acceptors (Lipinski definition) is 10. The van der Waals surface area contributed by atoms with Crippen LogP contribution in [0.2, 0.25) is 0 Å². The zero-order valence-corrected chi connectivity index (χ0v) is 15.4. The van der Waals surface area contributed by atoms with E-state index < -0.39 is 46.8 Å². The molecular weight excluding hydrogens is 420 g/mol. The Morgan fingerprint density at radius 3 is 0.833 bits per heavy atom. The molecule has 0 aromatic carbocycles. The van der Waals surface area contributed by atoms with E-state index in [1.54, 1.807) is 9.80 Å². The van der Waals surface area contributed by atoms with Crippen LogP contribution < -0.4 is 0 Å². The average Bonchev–Trinajstić information content (AvgIpc) is 2.67. The highest BCUT2D eigenvalue weighted by Crippen LogP contribution is 2.07. The van der Waals surface area contributed by atoms with Crippen LogP contribution in [0.1, 0.15) is 0 Å². The molecule has 20 nitrogen and oxygen atoms in total. The first kappa shape index (κ1) is 23.8. The number of nitro groups is 4. The minimum Gasteiger partial charge on any atom is -0.342 e. The second-order valence-electron chi connectivity index (χ2n) is 5.83. The third kappa shape index (κ3) is 7.05. The molecule has 2 aliphatic rings. The Bertz CT molecular complexity index is 566. The molecule has 30 heavy (non-hydrogen) atoms. The number of rotatable bonds is 6. The zero-order chi connectivity index (χ0) is 22.8. The highest BCUT2D eigenvalue weighted by molar-refractivity contribution is 5.50. The van der Waals surface area contributed by atoms with Gasteiger partial charge in [0.25, 0.3) is 0 Å². The van der Waals surface area contributed by atoms with Crippen molar-refractivity contribution in [3.8, 4) is 0 Å². The van der Waals surface area contributed by atoms with Crippen LogP contribution in [0.5, 0.6) is 0 Å². The normalized spacial score (nSPS) is 17.2. The Hall–Kier alpha value is -4.26. The minimum absolute atomic E-state index is 0.197. The molecule has 20 heteroatoms. The molecule has 2 aliphatic heterocycles. The largest absolute Gasteiger partial charge is 0.342 e. The van der Waals surface area contributed by atoms with Crippen LogP contribution in [0.15, 0.2) is 0 Å². The molecule has 0 bridgehead atoms. The van der Waals surface area contributed by atoms with Crippen LogP contribution in [0, 0.1) is 40.5 Å². The molecule has 0 saturated carbocycles. The average molecular weight is 438 g/mol. The molecule has 2 amide bonds. The molecule has 0 radical (unpaired) electrons. The third-order valence-electron chi connectivity index (χ3n) is 3.88. The lowest BCUT2D eigenvalue weighted by molar-refractivity contribution is -0.775. The van der Waals surface area contributed by atoms with Crippen LogP contribution in [0.4, 0.5) is 0 Å². The Morgan fingerprint density at radius 2 is 0.700 bits per heavy atom. The van der Waals surface area contributed by atoms with Crippen LogP contribution in [-0.2, 0) is 9.59 Å². The fraction of sp³-hybridized carbons (Fsp3) is 0.800. The molecular formula is C10H18N10O10. The van der Waals surface area contributed by atoms with Crippen LogP contribution in [0.3, 0.4) is 0 Å². The van der Waals surface area contributed by atoms with Crippen molar-refractivity contribution >= 4 is 12.8 Å². The summed E-state index contributed by atoms with van der Waals surface area (Å²) in [6.45, 7) is -1.12. The summed E-state index contributed by atoms with van der Waals surface area (Å²) in [6, 6.07) is 0. The van der Waals surface area contributed by atoms with E-state index >= 15 is 0 Å². The van der Waals surface area contributed by atoms with Crippen molar-refractivity contribution in [2.45, 2.75) is 0 Å². The Labute approximate surface area is 166 Å². The number of hydrogen-bond donors (Lipinski definition) is 0. The van der Waals surface area contributed by atoms with Crippen molar-refractivity contribution in [3.63, 3.8) is 0 Å². The minimum atomic E-state index is -1.06. The van der Waals surface area contributed by atoms with Crippen molar-refractivity contribution in [3.05, 3.63) is 40.5 Å². The molecule has 168 valence electrons. The third-order valence-corrected chi connectivity index (χ3v) is 3.88. The van der Waals surface area contributed by atoms with E-state index in [0.717, 1.165) is 12.8 Å². The van der Waals surface area contributed by atoms with E-state index in [2.05, 4.69) is 0 Å². The molecule has 0 unspecified atom stereocenters.